The molecule has 0 aliphatic heterocycles. The molecule has 0 saturated heterocycles. The van der Waals surface area contributed by atoms with E-state index in [1.165, 1.54) is 0 Å². The van der Waals surface area contributed by atoms with Gasteiger partial charge in [0.2, 0.25) is 0 Å². The highest BCUT2D eigenvalue weighted by atomic mass is 79.9. The Bertz CT molecular complexity index is 295. The van der Waals surface area contributed by atoms with E-state index in [1.807, 2.05) is 12.2 Å². The third-order valence-electron chi connectivity index (χ3n) is 1.26. The van der Waals surface area contributed by atoms with Gasteiger partial charge in [-0.3, -0.25) is 4.99 Å². The van der Waals surface area contributed by atoms with Crippen LogP contribution in [0.15, 0.2) is 64.8 Å². The lowest BCUT2D eigenvalue weighted by Gasteiger charge is -1.96. The van der Waals surface area contributed by atoms with Crippen LogP contribution >= 0.6 is 15.9 Å². The molecule has 0 amide bonds. The summed E-state index contributed by atoms with van der Waals surface area (Å²) in [6.07, 6.45) is 6.95. The van der Waals surface area contributed by atoms with Crippen molar-refractivity contribution in [3.8, 4) is 0 Å². The molecule has 0 aliphatic carbocycles. The summed E-state index contributed by atoms with van der Waals surface area (Å²) in [5, 5.41) is 0. The van der Waals surface area contributed by atoms with Gasteiger partial charge in [-0.25, -0.2) is 0 Å². The van der Waals surface area contributed by atoms with Gasteiger partial charge in [-0.15, -0.1) is 0 Å². The van der Waals surface area contributed by atoms with Gasteiger partial charge in [0.05, 0.1) is 0 Å². The highest BCUT2D eigenvalue weighted by Crippen LogP contribution is 2.11. The monoisotopic (exact) mass is 237 g/mol. The van der Waals surface area contributed by atoms with Crippen LogP contribution in [0, 0.1) is 0 Å². The molecule has 68 valence electrons. The van der Waals surface area contributed by atoms with Crippen LogP contribution in [0.25, 0.3) is 0 Å². The highest BCUT2D eigenvalue weighted by Gasteiger charge is 1.90. The van der Waals surface area contributed by atoms with E-state index >= 15 is 0 Å². The number of aliphatic imine (C=N–C) groups is 1. The summed E-state index contributed by atoms with van der Waals surface area (Å²) >= 11 is 3.21. The number of hydrogen-bond acceptors (Lipinski definition) is 1. The quantitative estimate of drug-likeness (QED) is 0.510. The normalized spacial score (nSPS) is 10.5. The van der Waals surface area contributed by atoms with Crippen molar-refractivity contribution in [1.29, 1.82) is 0 Å². The molecule has 1 nitrogen and oxygen atoms in total. The van der Waals surface area contributed by atoms with Gasteiger partial charge < -0.3 is 0 Å². The Labute approximate surface area is 87.7 Å². The molecule has 0 aromatic carbocycles. The first-order valence-electron chi connectivity index (χ1n) is 3.61. The fourth-order valence-electron chi connectivity index (χ4n) is 0.548. The minimum Gasteiger partial charge on any atom is -0.272 e. The first kappa shape index (κ1) is 11.8. The summed E-state index contributed by atoms with van der Waals surface area (Å²) in [6.45, 7) is 14.6. The summed E-state index contributed by atoms with van der Waals surface area (Å²) in [5.41, 5.74) is 1.62. The van der Waals surface area contributed by atoms with Crippen LogP contribution in [-0.2, 0) is 0 Å². The number of rotatable bonds is 5. The zero-order valence-corrected chi connectivity index (χ0v) is 9.05. The number of hydrogen-bond donors (Lipinski definition) is 0. The van der Waals surface area contributed by atoms with Crippen LogP contribution in [0.5, 0.6) is 0 Å². The van der Waals surface area contributed by atoms with Gasteiger partial charge in [-0.05, 0) is 30.0 Å². The van der Waals surface area contributed by atoms with E-state index in [4.69, 9.17) is 0 Å². The van der Waals surface area contributed by atoms with Crippen molar-refractivity contribution in [2.45, 2.75) is 0 Å². The van der Waals surface area contributed by atoms with Crippen molar-refractivity contribution in [2.24, 2.45) is 4.99 Å². The molecule has 0 fully saturated rings. The zero-order chi connectivity index (χ0) is 10.3. The molecule has 2 heteroatoms. The fraction of sp³-hybridized carbons (Fsp3) is 0. The van der Waals surface area contributed by atoms with Crippen molar-refractivity contribution in [3.05, 3.63) is 59.8 Å². The van der Waals surface area contributed by atoms with E-state index in [9.17, 15) is 0 Å². The standard InChI is InChI=1S/C11H12BrN/c1-9(5-6-11(3)12)10(2)7-8-13-4/h5-8H,1-4H2/b6-5-,8-7-. The van der Waals surface area contributed by atoms with Crippen molar-refractivity contribution >= 4 is 22.6 Å². The Morgan fingerprint density at radius 2 is 1.54 bits per heavy atom. The molecule has 0 radical (unpaired) electrons. The Hall–Kier alpha value is -1.15. The Kier molecular flexibility index (Phi) is 5.81. The Balaban J connectivity index is 4.28. The van der Waals surface area contributed by atoms with Crippen molar-refractivity contribution in [3.63, 3.8) is 0 Å². The summed E-state index contributed by atoms with van der Waals surface area (Å²) in [7, 11) is 0. The average molecular weight is 238 g/mol. The van der Waals surface area contributed by atoms with E-state index in [-0.39, 0.29) is 0 Å². The largest absolute Gasteiger partial charge is 0.272 e. The van der Waals surface area contributed by atoms with Gasteiger partial charge in [-0.1, -0.05) is 41.7 Å². The van der Waals surface area contributed by atoms with Gasteiger partial charge in [-0.2, -0.15) is 0 Å². The predicted molar refractivity (Wildman–Crippen MR) is 64.2 cm³/mol. The van der Waals surface area contributed by atoms with Crippen molar-refractivity contribution in [2.75, 3.05) is 0 Å². The molecule has 0 aromatic rings. The molecular weight excluding hydrogens is 226 g/mol. The van der Waals surface area contributed by atoms with Gasteiger partial charge in [0.15, 0.2) is 0 Å². The number of halogens is 1. The third kappa shape index (κ3) is 6.05. The molecule has 0 heterocycles. The topological polar surface area (TPSA) is 12.4 Å². The van der Waals surface area contributed by atoms with E-state index in [0.29, 0.717) is 0 Å². The third-order valence-corrected chi connectivity index (χ3v) is 1.52. The average Bonchev–Trinajstić information content (AvgIpc) is 2.10. The molecule has 13 heavy (non-hydrogen) atoms. The molecule has 0 atom stereocenters. The molecule has 0 aromatic heterocycles. The van der Waals surface area contributed by atoms with E-state index < -0.39 is 0 Å². The second-order valence-corrected chi connectivity index (χ2v) is 3.35. The molecule has 0 aliphatic rings. The van der Waals surface area contributed by atoms with Gasteiger partial charge >= 0.3 is 0 Å². The maximum absolute atomic E-state index is 3.82. The smallest absolute Gasteiger partial charge is 0.0266 e. The van der Waals surface area contributed by atoms with Gasteiger partial charge in [0, 0.05) is 10.7 Å². The van der Waals surface area contributed by atoms with Crippen LogP contribution < -0.4 is 0 Å². The number of allylic oxidation sites excluding steroid dienone is 6. The predicted octanol–water partition coefficient (Wildman–Crippen LogP) is 3.78. The lowest BCUT2D eigenvalue weighted by Crippen LogP contribution is -1.77. The lowest BCUT2D eigenvalue weighted by molar-refractivity contribution is 1.53. The van der Waals surface area contributed by atoms with E-state index in [2.05, 4.69) is 47.4 Å². The van der Waals surface area contributed by atoms with Crippen LogP contribution in [0.4, 0.5) is 0 Å². The summed E-state index contributed by atoms with van der Waals surface area (Å²) in [5.74, 6) is 0. The van der Waals surface area contributed by atoms with Gasteiger partial charge in [0.25, 0.3) is 0 Å². The zero-order valence-electron chi connectivity index (χ0n) is 7.46. The molecular formula is C11H12BrN. The van der Waals surface area contributed by atoms with Crippen molar-refractivity contribution < 1.29 is 0 Å². The maximum Gasteiger partial charge on any atom is 0.0266 e. The van der Waals surface area contributed by atoms with E-state index in [1.54, 1.807) is 12.3 Å². The SMILES string of the molecule is C=N/C=C\C(=C)C(=C)/C=C\C(=C)Br. The minimum absolute atomic E-state index is 0.798. The van der Waals surface area contributed by atoms with Gasteiger partial charge in [0.1, 0.15) is 0 Å². The second-order valence-electron chi connectivity index (χ2n) is 2.33. The molecule has 0 spiro atoms. The highest BCUT2D eigenvalue weighted by molar-refractivity contribution is 9.11. The maximum atomic E-state index is 3.82. The second kappa shape index (κ2) is 6.38. The molecule has 0 rings (SSSR count). The van der Waals surface area contributed by atoms with Crippen LogP contribution in [0.2, 0.25) is 0 Å². The molecule has 0 saturated carbocycles. The summed E-state index contributed by atoms with van der Waals surface area (Å²) in [4.78, 5) is 3.57. The molecule has 0 N–H and O–H groups in total. The van der Waals surface area contributed by atoms with Crippen LogP contribution in [-0.4, -0.2) is 6.72 Å². The Morgan fingerprint density at radius 3 is 2.00 bits per heavy atom. The van der Waals surface area contributed by atoms with Crippen molar-refractivity contribution in [1.82, 2.24) is 0 Å². The van der Waals surface area contributed by atoms with E-state index in [0.717, 1.165) is 15.6 Å². The first-order valence-corrected chi connectivity index (χ1v) is 4.40. The summed E-state index contributed by atoms with van der Waals surface area (Å²) in [6, 6.07) is 0. The van der Waals surface area contributed by atoms with Crippen LogP contribution in [0.1, 0.15) is 0 Å². The molecule has 0 unspecified atom stereocenters. The fourth-order valence-corrected chi connectivity index (χ4v) is 0.680. The molecule has 0 bridgehead atoms. The minimum atomic E-state index is 0.798. The van der Waals surface area contributed by atoms with Crippen LogP contribution in [0.3, 0.4) is 0 Å². The first-order chi connectivity index (χ1) is 6.07. The number of nitrogens with zero attached hydrogens (tertiary/aromatic N) is 1. The summed E-state index contributed by atoms with van der Waals surface area (Å²) < 4.78 is 0.798. The lowest BCUT2D eigenvalue weighted by atomic mass is 10.1. The Morgan fingerprint density at radius 1 is 1.00 bits per heavy atom.